The van der Waals surface area contributed by atoms with Gasteiger partial charge in [-0.05, 0) is 55.7 Å². The third-order valence-corrected chi connectivity index (χ3v) is 8.11. The summed E-state index contributed by atoms with van der Waals surface area (Å²) in [6.07, 6.45) is -13.4. The van der Waals surface area contributed by atoms with Crippen LogP contribution in [0.4, 0.5) is 36.4 Å². The zero-order valence-electron chi connectivity index (χ0n) is 20.0. The number of aryl methyl sites for hydroxylation is 1. The number of fused-ring (bicyclic) bond motifs is 1. The van der Waals surface area contributed by atoms with E-state index in [1.54, 1.807) is 0 Å². The zero-order chi connectivity index (χ0) is 29.6. The highest BCUT2D eigenvalue weighted by atomic mass is 32.2. The predicted molar refractivity (Wildman–Crippen MR) is 122 cm³/mol. The molecular weight excluding hydrogens is 563 g/mol. The summed E-state index contributed by atoms with van der Waals surface area (Å²) in [5.41, 5.74) is -2.34. The quantitative estimate of drug-likeness (QED) is 0.431. The lowest BCUT2D eigenvalue weighted by molar-refractivity contribution is -0.376. The first-order valence-corrected chi connectivity index (χ1v) is 12.6. The minimum Gasteiger partial charge on any atom is -0.369 e. The van der Waals surface area contributed by atoms with Crippen molar-refractivity contribution in [3.8, 4) is 0 Å². The summed E-state index contributed by atoms with van der Waals surface area (Å²) in [4.78, 5) is 23.3. The van der Waals surface area contributed by atoms with E-state index in [-0.39, 0.29) is 24.1 Å². The number of rotatable bonds is 7. The summed E-state index contributed by atoms with van der Waals surface area (Å²) in [5, 5.41) is 12.0. The molecule has 2 unspecified atom stereocenters. The molecule has 1 aliphatic rings. The molecule has 8 nitrogen and oxygen atoms in total. The van der Waals surface area contributed by atoms with Gasteiger partial charge in [-0.3, -0.25) is 13.9 Å². The Hall–Kier alpha value is -3.40. The fourth-order valence-corrected chi connectivity index (χ4v) is 5.88. The van der Waals surface area contributed by atoms with E-state index in [9.17, 15) is 53.8 Å². The Kier molecular flexibility index (Phi) is 7.96. The van der Waals surface area contributed by atoms with Crippen LogP contribution in [0, 0.1) is 5.82 Å². The van der Waals surface area contributed by atoms with Gasteiger partial charge >= 0.3 is 12.4 Å². The van der Waals surface area contributed by atoms with Crippen LogP contribution in [-0.4, -0.2) is 49.8 Å². The Balaban J connectivity index is 2.14. The van der Waals surface area contributed by atoms with Gasteiger partial charge in [-0.25, -0.2) is 12.8 Å². The maximum absolute atomic E-state index is 13.6. The second kappa shape index (κ2) is 10.3. The first kappa shape index (κ1) is 30.1. The number of carbonyl (C=O) groups excluding carboxylic acids is 2. The van der Waals surface area contributed by atoms with Crippen molar-refractivity contribution in [2.24, 2.45) is 5.73 Å². The molecule has 0 aliphatic carbocycles. The van der Waals surface area contributed by atoms with E-state index in [1.807, 2.05) is 0 Å². The van der Waals surface area contributed by atoms with Crippen molar-refractivity contribution in [2.45, 2.75) is 61.1 Å². The van der Waals surface area contributed by atoms with Crippen LogP contribution in [0.2, 0.25) is 0 Å². The minimum absolute atomic E-state index is 0.244. The van der Waals surface area contributed by atoms with Crippen LogP contribution in [0.3, 0.4) is 0 Å². The maximum atomic E-state index is 13.6. The number of benzene rings is 2. The van der Waals surface area contributed by atoms with E-state index in [4.69, 9.17) is 5.73 Å². The monoisotopic (exact) mass is 585 g/mol. The summed E-state index contributed by atoms with van der Waals surface area (Å²) >= 11 is 0. The lowest BCUT2D eigenvalue weighted by Gasteiger charge is -2.39. The normalized spacial score (nSPS) is 17.4. The number of carbonyl (C=O) groups is 2. The van der Waals surface area contributed by atoms with Crippen molar-refractivity contribution < 1.29 is 53.8 Å². The molecule has 214 valence electrons. The van der Waals surface area contributed by atoms with Crippen molar-refractivity contribution >= 4 is 27.5 Å². The molecule has 0 radical (unpaired) electrons. The number of nitrogens with one attached hydrogen (secondary N) is 1. The number of aliphatic hydroxyl groups is 1. The summed E-state index contributed by atoms with van der Waals surface area (Å²) < 4.78 is 122. The molecule has 0 saturated carbocycles. The third kappa shape index (κ3) is 5.66. The van der Waals surface area contributed by atoms with Crippen molar-refractivity contribution in [3.05, 3.63) is 59.4 Å². The third-order valence-electron chi connectivity index (χ3n) is 6.23. The highest BCUT2D eigenvalue weighted by Gasteiger charge is 2.71. The van der Waals surface area contributed by atoms with Crippen LogP contribution in [0.1, 0.15) is 30.9 Å². The van der Waals surface area contributed by atoms with Gasteiger partial charge in [0.2, 0.25) is 11.8 Å². The molecule has 0 spiro atoms. The standard InChI is InChI=1S/C23H22F7N3O5S/c1-12(20(31)35)32-19(34)11-16-6-2-13-10-14(21(36,22(25,26)27)23(28,29)30)3-9-18(13)33(16)39(37,38)17-7-4-15(24)5-8-17/h3-5,7-10,12,16,36H,2,6,11H2,1H3,(H2,31,35)(H,32,34). The zero-order valence-corrected chi connectivity index (χ0v) is 20.8. The van der Waals surface area contributed by atoms with Crippen LogP contribution in [-0.2, 0) is 31.6 Å². The first-order chi connectivity index (χ1) is 17.8. The van der Waals surface area contributed by atoms with E-state index < -0.39 is 74.6 Å². The van der Waals surface area contributed by atoms with Crippen LogP contribution < -0.4 is 15.4 Å². The summed E-state index contributed by atoms with van der Waals surface area (Å²) in [5.74, 6) is -2.48. The fraction of sp³-hybridized carbons (Fsp3) is 0.391. The molecular formula is C23H22F7N3O5S. The average Bonchev–Trinajstić information content (AvgIpc) is 2.81. The summed E-state index contributed by atoms with van der Waals surface area (Å²) in [7, 11) is -4.65. The van der Waals surface area contributed by atoms with Crippen molar-refractivity contribution in [1.82, 2.24) is 5.32 Å². The van der Waals surface area contributed by atoms with E-state index in [1.165, 1.54) is 6.92 Å². The molecule has 0 saturated heterocycles. The molecule has 2 aromatic carbocycles. The fourth-order valence-electron chi connectivity index (χ4n) is 4.17. The van der Waals surface area contributed by atoms with Crippen molar-refractivity contribution in [3.63, 3.8) is 0 Å². The first-order valence-electron chi connectivity index (χ1n) is 11.2. The molecule has 3 rings (SSSR count). The van der Waals surface area contributed by atoms with Crippen LogP contribution in [0.15, 0.2) is 47.4 Å². The van der Waals surface area contributed by atoms with E-state index >= 15 is 0 Å². The molecule has 16 heteroatoms. The Bertz CT molecular complexity index is 1350. The number of amides is 2. The minimum atomic E-state index is -6.16. The van der Waals surface area contributed by atoms with Gasteiger partial charge in [0.1, 0.15) is 11.9 Å². The largest absolute Gasteiger partial charge is 0.430 e. The van der Waals surface area contributed by atoms with Gasteiger partial charge < -0.3 is 16.2 Å². The van der Waals surface area contributed by atoms with Crippen LogP contribution >= 0.6 is 0 Å². The van der Waals surface area contributed by atoms with Gasteiger partial charge in [0.25, 0.3) is 15.6 Å². The highest BCUT2D eigenvalue weighted by molar-refractivity contribution is 7.92. The Morgan fingerprint density at radius 3 is 2.15 bits per heavy atom. The molecule has 4 N–H and O–H groups in total. The second-order valence-electron chi connectivity index (χ2n) is 8.89. The number of sulfonamides is 1. The molecule has 2 aromatic rings. The van der Waals surface area contributed by atoms with Gasteiger partial charge in [0.05, 0.1) is 16.6 Å². The SMILES string of the molecule is CC(NC(=O)CC1CCc2cc(C(O)(C(F)(F)F)C(F)(F)F)ccc2N1S(=O)(=O)c1ccc(F)cc1)C(N)=O. The van der Waals surface area contributed by atoms with E-state index in [0.29, 0.717) is 22.5 Å². The summed E-state index contributed by atoms with van der Waals surface area (Å²) in [6.45, 7) is 1.27. The van der Waals surface area contributed by atoms with E-state index in [0.717, 1.165) is 24.3 Å². The molecule has 39 heavy (non-hydrogen) atoms. The highest BCUT2D eigenvalue weighted by Crippen LogP contribution is 2.51. The molecule has 0 aromatic heterocycles. The van der Waals surface area contributed by atoms with Gasteiger partial charge in [-0.1, -0.05) is 12.1 Å². The molecule has 0 bridgehead atoms. The lowest BCUT2D eigenvalue weighted by Crippen LogP contribution is -2.54. The van der Waals surface area contributed by atoms with Gasteiger partial charge in [-0.15, -0.1) is 0 Å². The van der Waals surface area contributed by atoms with Gasteiger partial charge in [-0.2, -0.15) is 26.3 Å². The number of nitrogens with two attached hydrogens (primary N) is 1. The number of primary amides is 1. The lowest BCUT2D eigenvalue weighted by atomic mass is 9.87. The van der Waals surface area contributed by atoms with Crippen molar-refractivity contribution in [2.75, 3.05) is 4.31 Å². The Morgan fingerprint density at radius 2 is 1.64 bits per heavy atom. The Morgan fingerprint density at radius 1 is 1.08 bits per heavy atom. The predicted octanol–water partition coefficient (Wildman–Crippen LogP) is 3.03. The number of anilines is 1. The molecule has 1 aliphatic heterocycles. The topological polar surface area (TPSA) is 130 Å². The van der Waals surface area contributed by atoms with Gasteiger partial charge in [0, 0.05) is 12.0 Å². The Labute approximate surface area is 217 Å². The van der Waals surface area contributed by atoms with Crippen LogP contribution in [0.25, 0.3) is 0 Å². The van der Waals surface area contributed by atoms with E-state index in [2.05, 4.69) is 5.32 Å². The molecule has 1 heterocycles. The number of hydrogen-bond donors (Lipinski definition) is 3. The van der Waals surface area contributed by atoms with Crippen LogP contribution in [0.5, 0.6) is 0 Å². The van der Waals surface area contributed by atoms with Gasteiger partial charge in [0.15, 0.2) is 0 Å². The molecule has 2 atom stereocenters. The maximum Gasteiger partial charge on any atom is 0.430 e. The molecule has 0 fully saturated rings. The molecule has 2 amide bonds. The average molecular weight is 585 g/mol. The number of hydrogen-bond acceptors (Lipinski definition) is 5. The number of alkyl halides is 6. The van der Waals surface area contributed by atoms with Crippen molar-refractivity contribution in [1.29, 1.82) is 0 Å². The number of nitrogens with zero attached hydrogens (tertiary/aromatic N) is 1. The second-order valence-corrected chi connectivity index (χ2v) is 10.7. The smallest absolute Gasteiger partial charge is 0.369 e. The number of halogens is 7. The summed E-state index contributed by atoms with van der Waals surface area (Å²) in [6, 6.07) is 2.48.